The number of halogens is 7. The number of hydrogen-bond acceptors (Lipinski definition) is 7. The van der Waals surface area contributed by atoms with E-state index in [1.54, 1.807) is 0 Å². The molecule has 3 amide bonds. The number of alkyl halides is 6. The van der Waals surface area contributed by atoms with Gasteiger partial charge in [0, 0.05) is 73.0 Å². The Hall–Kier alpha value is -5.69. The van der Waals surface area contributed by atoms with Crippen molar-refractivity contribution < 1.29 is 60.5 Å². The monoisotopic (exact) mass is 884 g/mol. The summed E-state index contributed by atoms with van der Waals surface area (Å²) in [6.07, 6.45) is -7.36. The van der Waals surface area contributed by atoms with Crippen LogP contribution in [-0.2, 0) is 20.8 Å². The molecule has 13 nitrogen and oxygen atoms in total. The third-order valence-corrected chi connectivity index (χ3v) is 10.1. The van der Waals surface area contributed by atoms with E-state index in [-0.39, 0.29) is 23.8 Å². The summed E-state index contributed by atoms with van der Waals surface area (Å²) in [6.45, 7) is 8.40. The number of carbonyl (C=O) groups excluding carboxylic acids is 2. The van der Waals surface area contributed by atoms with Gasteiger partial charge in [-0.25, -0.2) is 14.4 Å². The smallest absolute Gasteiger partial charge is 0.490 e. The zero-order valence-electron chi connectivity index (χ0n) is 33.7. The number of benzene rings is 3. The van der Waals surface area contributed by atoms with Gasteiger partial charge < -0.3 is 44.9 Å². The number of aromatic nitrogens is 1. The second-order valence-electron chi connectivity index (χ2n) is 14.5. The summed E-state index contributed by atoms with van der Waals surface area (Å²) in [5.74, 6) is -4.85. The van der Waals surface area contributed by atoms with E-state index >= 15 is 0 Å². The van der Waals surface area contributed by atoms with Crippen LogP contribution >= 0.6 is 11.6 Å². The number of carboxylic acids is 2. The highest BCUT2D eigenvalue weighted by molar-refractivity contribution is 6.30. The number of fused-ring (bicyclic) bond motifs is 2. The Bertz CT molecular complexity index is 2120. The number of aliphatic carboxylic acids is 2. The van der Waals surface area contributed by atoms with Crippen molar-refractivity contribution in [2.24, 2.45) is 5.92 Å². The maximum absolute atomic E-state index is 14.8. The van der Waals surface area contributed by atoms with Gasteiger partial charge in [0.2, 0.25) is 5.91 Å². The number of amides is 3. The quantitative estimate of drug-likeness (QED) is 0.127. The fourth-order valence-corrected chi connectivity index (χ4v) is 7.34. The van der Waals surface area contributed by atoms with Crippen molar-refractivity contribution in [1.82, 2.24) is 20.1 Å². The van der Waals surface area contributed by atoms with Gasteiger partial charge in [0.1, 0.15) is 11.8 Å². The zero-order chi connectivity index (χ0) is 45.2. The van der Waals surface area contributed by atoms with Crippen molar-refractivity contribution in [2.75, 3.05) is 69.8 Å². The van der Waals surface area contributed by atoms with E-state index < -0.39 is 30.3 Å². The molecule has 0 aliphatic carbocycles. The number of urea groups is 1. The highest BCUT2D eigenvalue weighted by Crippen LogP contribution is 2.36. The summed E-state index contributed by atoms with van der Waals surface area (Å²) in [5, 5.41) is 19.2. The van der Waals surface area contributed by atoms with E-state index in [9.17, 15) is 35.9 Å². The van der Waals surface area contributed by atoms with Crippen molar-refractivity contribution in [3.8, 4) is 5.75 Å². The van der Waals surface area contributed by atoms with E-state index in [4.69, 9.17) is 36.1 Å². The topological polar surface area (TPSA) is 159 Å². The zero-order valence-corrected chi connectivity index (χ0v) is 34.4. The van der Waals surface area contributed by atoms with E-state index in [0.717, 1.165) is 52.1 Å². The molecule has 2 aliphatic heterocycles. The molecule has 3 heterocycles. The van der Waals surface area contributed by atoms with Gasteiger partial charge in [0.25, 0.3) is 0 Å². The molecule has 4 aromatic rings. The summed E-state index contributed by atoms with van der Waals surface area (Å²) in [6, 6.07) is 20.8. The number of hydrogen-bond donors (Lipinski definition) is 4. The maximum Gasteiger partial charge on any atom is 0.490 e. The summed E-state index contributed by atoms with van der Waals surface area (Å²) < 4.78 is 69.3. The van der Waals surface area contributed by atoms with Crippen LogP contribution in [0.25, 0.3) is 10.9 Å². The number of nitrogens with one attached hydrogen (secondary N) is 2. The van der Waals surface area contributed by atoms with E-state index in [2.05, 4.69) is 46.3 Å². The molecule has 0 spiro atoms. The minimum Gasteiger partial charge on any atom is -0.492 e. The van der Waals surface area contributed by atoms with Crippen molar-refractivity contribution in [2.45, 2.75) is 44.6 Å². The van der Waals surface area contributed by atoms with Crippen LogP contribution in [0.5, 0.6) is 5.75 Å². The molecule has 1 aromatic heterocycles. The number of nitrogens with zero attached hydrogens (tertiary/aromatic N) is 4. The Kier molecular flexibility index (Phi) is 16.3. The number of carbonyl (C=O) groups is 4. The fraction of sp³-hybridized carbons (Fsp3) is 0.415. The Morgan fingerprint density at radius 2 is 1.49 bits per heavy atom. The standard InChI is InChI=1S/C37H45ClN6O3.2C2HF3O2/c1-5-47-34-13-9-8-12-33(34)42-16-18-43(19-17-42)37(46)40-35(25(2)30-22-39-31-11-7-6-10-29(30)31)36(45)44-24-26(23-41(3)4)20-27-21-28(38)14-15-32(27)44;2*3-2(4,5)1(6)7/h6-15,21-22,25-26,35,39H,5,16-20,23-24H2,1-4H3,(H,40,46);2*(H,6,7)/t25?,26-,35?;;/m1../s1. The average Bonchev–Trinajstić information content (AvgIpc) is 3.63. The second-order valence-corrected chi connectivity index (χ2v) is 15.0. The molecule has 61 heavy (non-hydrogen) atoms. The molecule has 3 aromatic carbocycles. The van der Waals surface area contributed by atoms with Gasteiger partial charge in [0.05, 0.1) is 12.3 Å². The number of ether oxygens (including phenoxy) is 1. The van der Waals surface area contributed by atoms with Crippen LogP contribution in [0.4, 0.5) is 42.5 Å². The van der Waals surface area contributed by atoms with Gasteiger partial charge in [-0.1, -0.05) is 48.9 Å². The molecule has 1 saturated heterocycles. The number of rotatable bonds is 9. The van der Waals surface area contributed by atoms with Crippen LogP contribution in [0, 0.1) is 5.92 Å². The molecule has 2 aliphatic rings. The van der Waals surface area contributed by atoms with Crippen LogP contribution in [0.2, 0.25) is 5.02 Å². The molecule has 4 N–H and O–H groups in total. The number of para-hydroxylation sites is 3. The summed E-state index contributed by atoms with van der Waals surface area (Å²) in [7, 11) is 4.11. The van der Waals surface area contributed by atoms with Gasteiger partial charge in [-0.2, -0.15) is 26.3 Å². The molecular weight excluding hydrogens is 838 g/mol. The van der Waals surface area contributed by atoms with Crippen LogP contribution in [0.1, 0.15) is 30.9 Å². The van der Waals surface area contributed by atoms with E-state index in [0.29, 0.717) is 44.4 Å². The lowest BCUT2D eigenvalue weighted by atomic mass is 9.88. The third-order valence-electron chi connectivity index (χ3n) is 9.89. The molecule has 3 atom stereocenters. The minimum atomic E-state index is -5.08. The molecule has 0 bridgehead atoms. The highest BCUT2D eigenvalue weighted by Gasteiger charge is 2.40. The van der Waals surface area contributed by atoms with Gasteiger partial charge in [-0.3, -0.25) is 4.79 Å². The lowest BCUT2D eigenvalue weighted by Gasteiger charge is -2.40. The molecule has 6 rings (SSSR count). The van der Waals surface area contributed by atoms with Gasteiger partial charge in [-0.15, -0.1) is 0 Å². The predicted octanol–water partition coefficient (Wildman–Crippen LogP) is 7.26. The largest absolute Gasteiger partial charge is 0.492 e. The number of aromatic amines is 1. The Morgan fingerprint density at radius 1 is 0.902 bits per heavy atom. The molecule has 1 fully saturated rings. The molecular formula is C41H47ClF6N6O7. The Labute approximate surface area is 352 Å². The Morgan fingerprint density at radius 3 is 2.08 bits per heavy atom. The number of anilines is 2. The highest BCUT2D eigenvalue weighted by atomic mass is 35.5. The molecule has 2 unspecified atom stereocenters. The first-order chi connectivity index (χ1) is 28.6. The number of piperazine rings is 1. The van der Waals surface area contributed by atoms with Crippen molar-refractivity contribution >= 4 is 57.8 Å². The fourth-order valence-electron chi connectivity index (χ4n) is 7.15. The lowest BCUT2D eigenvalue weighted by molar-refractivity contribution is -0.193. The van der Waals surface area contributed by atoms with Crippen LogP contribution in [-0.4, -0.2) is 127 Å². The van der Waals surface area contributed by atoms with Crippen LogP contribution in [0.3, 0.4) is 0 Å². The van der Waals surface area contributed by atoms with Crippen molar-refractivity contribution in [3.63, 3.8) is 0 Å². The first-order valence-corrected chi connectivity index (χ1v) is 19.4. The van der Waals surface area contributed by atoms with Crippen molar-refractivity contribution in [1.29, 1.82) is 0 Å². The first kappa shape index (κ1) is 48.0. The van der Waals surface area contributed by atoms with Gasteiger partial charge in [0.15, 0.2) is 0 Å². The normalized spacial score (nSPS) is 16.3. The number of H-pyrrole nitrogens is 1. The maximum atomic E-state index is 14.8. The van der Waals surface area contributed by atoms with E-state index in [1.807, 2.05) is 84.4 Å². The van der Waals surface area contributed by atoms with Crippen molar-refractivity contribution in [3.05, 3.63) is 89.1 Å². The van der Waals surface area contributed by atoms with Crippen LogP contribution < -0.4 is 19.9 Å². The minimum absolute atomic E-state index is 0.118. The second kappa shape index (κ2) is 20.7. The third kappa shape index (κ3) is 12.9. The SMILES string of the molecule is CCOc1ccccc1N1CCN(C(=O)NC(C(=O)N2C[C@@H](CN(C)C)Cc3cc(Cl)ccc32)C(C)c2c[nH]c3ccccc23)CC1.O=C(O)C(F)(F)F.O=C(O)C(F)(F)F. The van der Waals surface area contributed by atoms with E-state index in [1.165, 1.54) is 0 Å². The molecule has 20 heteroatoms. The average molecular weight is 885 g/mol. The lowest BCUT2D eigenvalue weighted by Crippen LogP contribution is -2.58. The van der Waals surface area contributed by atoms with Crippen LogP contribution in [0.15, 0.2) is 72.9 Å². The number of carboxylic acid groups (broad SMARTS) is 2. The molecule has 0 radical (unpaired) electrons. The molecule has 332 valence electrons. The first-order valence-electron chi connectivity index (χ1n) is 19.0. The summed E-state index contributed by atoms with van der Waals surface area (Å²) >= 11 is 6.43. The van der Waals surface area contributed by atoms with Gasteiger partial charge >= 0.3 is 30.3 Å². The van der Waals surface area contributed by atoms with Gasteiger partial charge in [-0.05, 0) is 80.9 Å². The Balaban J connectivity index is 0.000000504. The predicted molar refractivity (Wildman–Crippen MR) is 217 cm³/mol. The summed E-state index contributed by atoms with van der Waals surface area (Å²) in [5.41, 5.74) is 4.94. The summed E-state index contributed by atoms with van der Waals surface area (Å²) in [4.78, 5) is 58.1. The molecule has 0 saturated carbocycles.